The van der Waals surface area contributed by atoms with Gasteiger partial charge in [-0.1, -0.05) is 36.4 Å². The summed E-state index contributed by atoms with van der Waals surface area (Å²) in [6.45, 7) is 4.08. The van der Waals surface area contributed by atoms with Gasteiger partial charge >= 0.3 is 0 Å². The van der Waals surface area contributed by atoms with Gasteiger partial charge in [0, 0.05) is 25.2 Å². The van der Waals surface area contributed by atoms with E-state index < -0.39 is 5.60 Å². The number of benzene rings is 2. The van der Waals surface area contributed by atoms with E-state index in [2.05, 4.69) is 23.6 Å². The first-order valence-electron chi connectivity index (χ1n) is 8.40. The SMILES string of the molecule is CC(=O)Nc1cccc([C@H](C)NC[C@]2(O)CCc3ccccc32)c1. The van der Waals surface area contributed by atoms with Gasteiger partial charge in [-0.05, 0) is 48.6 Å². The Hall–Kier alpha value is -2.17. The quantitative estimate of drug-likeness (QED) is 0.792. The van der Waals surface area contributed by atoms with Gasteiger partial charge in [0.15, 0.2) is 0 Å². The van der Waals surface area contributed by atoms with E-state index in [1.54, 1.807) is 0 Å². The van der Waals surface area contributed by atoms with Gasteiger partial charge < -0.3 is 15.7 Å². The lowest BCUT2D eigenvalue weighted by Crippen LogP contribution is -2.37. The number of hydrogen-bond donors (Lipinski definition) is 3. The summed E-state index contributed by atoms with van der Waals surface area (Å²) in [7, 11) is 0. The Morgan fingerprint density at radius 1 is 1.25 bits per heavy atom. The number of anilines is 1. The Kier molecular flexibility index (Phi) is 4.69. The Labute approximate surface area is 142 Å². The number of aryl methyl sites for hydroxylation is 1. The number of carbonyl (C=O) groups is 1. The Morgan fingerprint density at radius 3 is 2.83 bits per heavy atom. The van der Waals surface area contributed by atoms with Gasteiger partial charge in [-0.15, -0.1) is 0 Å². The zero-order valence-electron chi connectivity index (χ0n) is 14.2. The van der Waals surface area contributed by atoms with Gasteiger partial charge in [0.1, 0.15) is 5.60 Å². The summed E-state index contributed by atoms with van der Waals surface area (Å²) in [5.74, 6) is -0.0790. The van der Waals surface area contributed by atoms with Crippen LogP contribution < -0.4 is 10.6 Å². The molecule has 0 aromatic heterocycles. The summed E-state index contributed by atoms with van der Waals surface area (Å²) in [5.41, 5.74) is 3.34. The number of nitrogens with one attached hydrogen (secondary N) is 2. The molecule has 1 aliphatic carbocycles. The van der Waals surface area contributed by atoms with E-state index in [4.69, 9.17) is 0 Å². The fourth-order valence-electron chi connectivity index (χ4n) is 3.38. The van der Waals surface area contributed by atoms with Crippen LogP contribution in [0.4, 0.5) is 5.69 Å². The number of hydrogen-bond acceptors (Lipinski definition) is 3. The first kappa shape index (κ1) is 16.7. The Balaban J connectivity index is 1.68. The minimum absolute atomic E-state index is 0.0790. The molecule has 0 fully saturated rings. The van der Waals surface area contributed by atoms with Crippen molar-refractivity contribution in [2.24, 2.45) is 0 Å². The highest BCUT2D eigenvalue weighted by atomic mass is 16.3. The molecule has 2 aromatic carbocycles. The molecule has 3 N–H and O–H groups in total. The zero-order chi connectivity index (χ0) is 17.2. The largest absolute Gasteiger partial charge is 0.384 e. The topological polar surface area (TPSA) is 61.4 Å². The fourth-order valence-corrected chi connectivity index (χ4v) is 3.38. The van der Waals surface area contributed by atoms with Gasteiger partial charge in [-0.25, -0.2) is 0 Å². The van der Waals surface area contributed by atoms with Gasteiger partial charge in [0.05, 0.1) is 0 Å². The standard InChI is InChI=1S/C20H24N2O2/c1-14(17-7-5-8-18(12-17)22-15(2)23)21-13-20(24)11-10-16-6-3-4-9-19(16)20/h3-9,12,14,21,24H,10-11,13H2,1-2H3,(H,22,23)/t14-,20+/m0/s1. The molecule has 0 saturated carbocycles. The van der Waals surface area contributed by atoms with E-state index in [1.807, 2.05) is 42.5 Å². The third-order valence-electron chi connectivity index (χ3n) is 4.73. The molecule has 0 saturated heterocycles. The smallest absolute Gasteiger partial charge is 0.221 e. The molecule has 0 unspecified atom stereocenters. The van der Waals surface area contributed by atoms with Crippen molar-refractivity contribution < 1.29 is 9.90 Å². The first-order valence-corrected chi connectivity index (χ1v) is 8.40. The number of carbonyl (C=O) groups excluding carboxylic acids is 1. The highest BCUT2D eigenvalue weighted by Crippen LogP contribution is 2.36. The second-order valence-electron chi connectivity index (χ2n) is 6.60. The van der Waals surface area contributed by atoms with Gasteiger partial charge in [-0.2, -0.15) is 0 Å². The van der Waals surface area contributed by atoms with E-state index in [-0.39, 0.29) is 11.9 Å². The lowest BCUT2D eigenvalue weighted by molar-refractivity contribution is -0.114. The second kappa shape index (κ2) is 6.75. The highest BCUT2D eigenvalue weighted by molar-refractivity contribution is 5.88. The molecule has 0 aliphatic heterocycles. The van der Waals surface area contributed by atoms with Crippen molar-refractivity contribution >= 4 is 11.6 Å². The Morgan fingerprint density at radius 2 is 2.04 bits per heavy atom. The van der Waals surface area contributed by atoms with Crippen LogP contribution in [0.3, 0.4) is 0 Å². The maximum atomic E-state index is 11.2. The molecule has 3 rings (SSSR count). The second-order valence-corrected chi connectivity index (χ2v) is 6.60. The van der Waals surface area contributed by atoms with Gasteiger partial charge in [0.2, 0.25) is 5.91 Å². The lowest BCUT2D eigenvalue weighted by atomic mass is 9.95. The maximum Gasteiger partial charge on any atom is 0.221 e. The average Bonchev–Trinajstić information content (AvgIpc) is 2.90. The molecule has 0 bridgehead atoms. The molecule has 2 atom stereocenters. The van der Waals surface area contributed by atoms with E-state index in [1.165, 1.54) is 12.5 Å². The minimum Gasteiger partial charge on any atom is -0.384 e. The van der Waals surface area contributed by atoms with Crippen LogP contribution in [0.25, 0.3) is 0 Å². The van der Waals surface area contributed by atoms with Crippen LogP contribution in [-0.2, 0) is 16.8 Å². The maximum absolute atomic E-state index is 11.2. The predicted octanol–water partition coefficient (Wildman–Crippen LogP) is 3.13. The summed E-state index contributed by atoms with van der Waals surface area (Å²) >= 11 is 0. The summed E-state index contributed by atoms with van der Waals surface area (Å²) in [6, 6.07) is 16.0. The number of fused-ring (bicyclic) bond motifs is 1. The normalized spacial score (nSPS) is 20.5. The molecule has 4 heteroatoms. The zero-order valence-corrected chi connectivity index (χ0v) is 14.2. The molecule has 0 spiro atoms. The summed E-state index contributed by atoms with van der Waals surface area (Å²) in [5, 5.41) is 17.2. The molecule has 0 heterocycles. The molecule has 126 valence electrons. The molecule has 2 aromatic rings. The molecule has 24 heavy (non-hydrogen) atoms. The van der Waals surface area contributed by atoms with Crippen molar-refractivity contribution in [3.05, 3.63) is 65.2 Å². The molecule has 1 amide bonds. The third kappa shape index (κ3) is 3.50. The first-order chi connectivity index (χ1) is 11.5. The Bertz CT molecular complexity index is 744. The van der Waals surface area contributed by atoms with Gasteiger partial charge in [0.25, 0.3) is 0 Å². The molecular formula is C20H24N2O2. The van der Waals surface area contributed by atoms with E-state index >= 15 is 0 Å². The van der Waals surface area contributed by atoms with Crippen LogP contribution in [0.15, 0.2) is 48.5 Å². The van der Waals surface area contributed by atoms with Crippen molar-refractivity contribution in [3.63, 3.8) is 0 Å². The summed E-state index contributed by atoms with van der Waals surface area (Å²) in [6.07, 6.45) is 1.67. The predicted molar refractivity (Wildman–Crippen MR) is 95.8 cm³/mol. The van der Waals surface area contributed by atoms with Crippen LogP contribution in [0.5, 0.6) is 0 Å². The van der Waals surface area contributed by atoms with Crippen LogP contribution >= 0.6 is 0 Å². The van der Waals surface area contributed by atoms with E-state index in [0.717, 1.165) is 29.7 Å². The third-order valence-corrected chi connectivity index (χ3v) is 4.73. The van der Waals surface area contributed by atoms with E-state index in [0.29, 0.717) is 6.54 Å². The summed E-state index contributed by atoms with van der Waals surface area (Å²) in [4.78, 5) is 11.2. The molecular weight excluding hydrogens is 300 g/mol. The fraction of sp³-hybridized carbons (Fsp3) is 0.350. The lowest BCUT2D eigenvalue weighted by Gasteiger charge is -2.27. The molecule has 1 aliphatic rings. The highest BCUT2D eigenvalue weighted by Gasteiger charge is 2.36. The van der Waals surface area contributed by atoms with Crippen molar-refractivity contribution in [2.45, 2.75) is 38.3 Å². The molecule has 4 nitrogen and oxygen atoms in total. The van der Waals surface area contributed by atoms with Crippen molar-refractivity contribution in [1.82, 2.24) is 5.32 Å². The average molecular weight is 324 g/mol. The van der Waals surface area contributed by atoms with Crippen LogP contribution in [-0.4, -0.2) is 17.6 Å². The number of aliphatic hydroxyl groups is 1. The summed E-state index contributed by atoms with van der Waals surface area (Å²) < 4.78 is 0. The monoisotopic (exact) mass is 324 g/mol. The van der Waals surface area contributed by atoms with Crippen molar-refractivity contribution in [2.75, 3.05) is 11.9 Å². The van der Waals surface area contributed by atoms with Crippen molar-refractivity contribution in [3.8, 4) is 0 Å². The molecule has 0 radical (unpaired) electrons. The van der Waals surface area contributed by atoms with Crippen LogP contribution in [0.2, 0.25) is 0 Å². The number of rotatable bonds is 5. The van der Waals surface area contributed by atoms with E-state index in [9.17, 15) is 9.90 Å². The van der Waals surface area contributed by atoms with Crippen LogP contribution in [0, 0.1) is 0 Å². The number of amides is 1. The van der Waals surface area contributed by atoms with Crippen molar-refractivity contribution in [1.29, 1.82) is 0 Å². The van der Waals surface area contributed by atoms with Crippen LogP contribution in [0.1, 0.15) is 43.0 Å². The minimum atomic E-state index is -0.805. The van der Waals surface area contributed by atoms with Gasteiger partial charge in [-0.3, -0.25) is 4.79 Å².